The summed E-state index contributed by atoms with van der Waals surface area (Å²) in [4.78, 5) is 28.6. The third-order valence-corrected chi connectivity index (χ3v) is 5.74. The fraction of sp³-hybridized carbons (Fsp3) is 0.556. The third kappa shape index (κ3) is 4.41. The van der Waals surface area contributed by atoms with E-state index in [1.54, 1.807) is 18.5 Å². The predicted molar refractivity (Wildman–Crippen MR) is 99.6 cm³/mol. The Morgan fingerprint density at radius 1 is 1.40 bits per heavy atom. The van der Waals surface area contributed by atoms with E-state index in [-0.39, 0.29) is 5.91 Å². The normalized spacial score (nSPS) is 18.5. The van der Waals surface area contributed by atoms with Crippen LogP contribution in [-0.2, 0) is 0 Å². The van der Waals surface area contributed by atoms with Crippen LogP contribution in [0.2, 0.25) is 0 Å². The molecule has 2 aromatic heterocycles. The number of carbonyl (C=O) groups is 1. The maximum absolute atomic E-state index is 12.6. The molecule has 1 aliphatic rings. The van der Waals surface area contributed by atoms with Gasteiger partial charge in [-0.1, -0.05) is 0 Å². The molecule has 25 heavy (non-hydrogen) atoms. The molecule has 1 atom stereocenters. The van der Waals surface area contributed by atoms with Crippen LogP contribution in [0.25, 0.3) is 10.8 Å². The molecule has 0 radical (unpaired) electrons. The van der Waals surface area contributed by atoms with Gasteiger partial charge >= 0.3 is 0 Å². The Morgan fingerprint density at radius 3 is 2.88 bits per heavy atom. The van der Waals surface area contributed by atoms with Gasteiger partial charge in [0, 0.05) is 31.5 Å². The minimum Gasteiger partial charge on any atom is -0.351 e. The zero-order chi connectivity index (χ0) is 17.8. The van der Waals surface area contributed by atoms with Crippen LogP contribution in [0.15, 0.2) is 18.5 Å². The Hall–Kier alpha value is -1.86. The smallest absolute Gasteiger partial charge is 0.263 e. The zero-order valence-electron chi connectivity index (χ0n) is 15.0. The van der Waals surface area contributed by atoms with Crippen molar-refractivity contribution in [1.29, 1.82) is 0 Å². The molecule has 0 aliphatic carbocycles. The molecule has 1 amide bonds. The van der Waals surface area contributed by atoms with Crippen molar-refractivity contribution in [3.63, 3.8) is 0 Å². The first-order chi connectivity index (χ1) is 12.0. The fourth-order valence-electron chi connectivity index (χ4n) is 3.16. The van der Waals surface area contributed by atoms with Gasteiger partial charge in [0.25, 0.3) is 5.91 Å². The van der Waals surface area contributed by atoms with Crippen LogP contribution < -0.4 is 5.32 Å². The number of aromatic nitrogens is 3. The highest BCUT2D eigenvalue weighted by Crippen LogP contribution is 2.25. The van der Waals surface area contributed by atoms with Gasteiger partial charge in [-0.05, 0) is 52.1 Å². The Balaban J connectivity index is 1.61. The standard InChI is InChI=1S/C18H25N5OS/c1-12(2)23-9-4-6-14(11-23)10-21-17(24)15-13(3)22-18(25-15)16-19-7-5-8-20-16/h5,7-8,12,14H,4,6,9-11H2,1-3H3,(H,21,24). The summed E-state index contributed by atoms with van der Waals surface area (Å²) in [5.41, 5.74) is 0.734. The van der Waals surface area contributed by atoms with Crippen LogP contribution in [-0.4, -0.2) is 51.4 Å². The molecule has 134 valence electrons. The summed E-state index contributed by atoms with van der Waals surface area (Å²) in [7, 11) is 0. The molecule has 0 spiro atoms. The lowest BCUT2D eigenvalue weighted by Gasteiger charge is -2.35. The van der Waals surface area contributed by atoms with E-state index in [0.717, 1.165) is 25.3 Å². The minimum absolute atomic E-state index is 0.0427. The molecule has 3 rings (SSSR count). The van der Waals surface area contributed by atoms with Crippen molar-refractivity contribution in [2.24, 2.45) is 5.92 Å². The number of aryl methyl sites for hydroxylation is 1. The van der Waals surface area contributed by atoms with E-state index >= 15 is 0 Å². The van der Waals surface area contributed by atoms with Crippen LogP contribution in [0.1, 0.15) is 42.1 Å². The average Bonchev–Trinajstić information content (AvgIpc) is 3.02. The summed E-state index contributed by atoms with van der Waals surface area (Å²) in [5, 5.41) is 3.78. The molecule has 1 aliphatic heterocycles. The summed E-state index contributed by atoms with van der Waals surface area (Å²) in [6, 6.07) is 2.33. The molecule has 1 N–H and O–H groups in total. The van der Waals surface area contributed by atoms with Crippen LogP contribution in [0.5, 0.6) is 0 Å². The van der Waals surface area contributed by atoms with Gasteiger partial charge in [0.15, 0.2) is 10.8 Å². The van der Waals surface area contributed by atoms with E-state index < -0.39 is 0 Å². The summed E-state index contributed by atoms with van der Waals surface area (Å²) >= 11 is 1.35. The summed E-state index contributed by atoms with van der Waals surface area (Å²) < 4.78 is 0. The number of thiazole rings is 1. The Morgan fingerprint density at radius 2 is 2.16 bits per heavy atom. The van der Waals surface area contributed by atoms with E-state index in [2.05, 4.69) is 39.0 Å². The summed E-state index contributed by atoms with van der Waals surface area (Å²) in [6.45, 7) is 9.26. The molecule has 6 nitrogen and oxygen atoms in total. The fourth-order valence-corrected chi connectivity index (χ4v) is 4.09. The van der Waals surface area contributed by atoms with Crippen molar-refractivity contribution >= 4 is 17.2 Å². The Labute approximate surface area is 152 Å². The van der Waals surface area contributed by atoms with E-state index in [1.165, 1.54) is 24.2 Å². The lowest BCUT2D eigenvalue weighted by Crippen LogP contribution is -2.43. The number of hydrogen-bond donors (Lipinski definition) is 1. The van der Waals surface area contributed by atoms with E-state index in [0.29, 0.717) is 27.7 Å². The van der Waals surface area contributed by atoms with Gasteiger partial charge in [-0.3, -0.25) is 4.79 Å². The summed E-state index contributed by atoms with van der Waals surface area (Å²) in [5.74, 6) is 1.04. The number of carbonyl (C=O) groups excluding carboxylic acids is 1. The maximum atomic E-state index is 12.6. The largest absolute Gasteiger partial charge is 0.351 e. The number of nitrogens with one attached hydrogen (secondary N) is 1. The van der Waals surface area contributed by atoms with Crippen LogP contribution in [0, 0.1) is 12.8 Å². The van der Waals surface area contributed by atoms with Gasteiger partial charge in [0.2, 0.25) is 0 Å². The predicted octanol–water partition coefficient (Wildman–Crippen LogP) is 2.76. The molecule has 7 heteroatoms. The quantitative estimate of drug-likeness (QED) is 0.889. The molecule has 1 fully saturated rings. The first kappa shape index (κ1) is 17.9. The number of amides is 1. The molecule has 2 aromatic rings. The zero-order valence-corrected chi connectivity index (χ0v) is 15.8. The van der Waals surface area contributed by atoms with Crippen LogP contribution in [0.3, 0.4) is 0 Å². The van der Waals surface area contributed by atoms with E-state index in [4.69, 9.17) is 0 Å². The minimum atomic E-state index is -0.0427. The number of hydrogen-bond acceptors (Lipinski definition) is 6. The van der Waals surface area contributed by atoms with Gasteiger partial charge in [-0.15, -0.1) is 11.3 Å². The summed E-state index contributed by atoms with van der Waals surface area (Å²) in [6.07, 6.45) is 5.74. The highest BCUT2D eigenvalue weighted by atomic mass is 32.1. The Kier molecular flexibility index (Phi) is 5.75. The topological polar surface area (TPSA) is 71.0 Å². The molecule has 0 aromatic carbocycles. The molecule has 1 unspecified atom stereocenters. The number of nitrogens with zero attached hydrogens (tertiary/aromatic N) is 4. The SMILES string of the molecule is Cc1nc(-c2ncccn2)sc1C(=O)NCC1CCCN(C(C)C)C1. The van der Waals surface area contributed by atoms with Gasteiger partial charge in [-0.25, -0.2) is 15.0 Å². The molecule has 0 saturated carbocycles. The first-order valence-electron chi connectivity index (χ1n) is 8.81. The van der Waals surface area contributed by atoms with Crippen LogP contribution >= 0.6 is 11.3 Å². The van der Waals surface area contributed by atoms with Gasteiger partial charge in [0.05, 0.1) is 5.69 Å². The van der Waals surface area contributed by atoms with Crippen molar-refractivity contribution in [1.82, 2.24) is 25.2 Å². The molecule has 3 heterocycles. The van der Waals surface area contributed by atoms with E-state index in [9.17, 15) is 4.79 Å². The second-order valence-electron chi connectivity index (χ2n) is 6.81. The lowest BCUT2D eigenvalue weighted by molar-refractivity contribution is 0.0926. The number of piperidine rings is 1. The van der Waals surface area contributed by atoms with E-state index in [1.807, 2.05) is 6.92 Å². The monoisotopic (exact) mass is 359 g/mol. The lowest BCUT2D eigenvalue weighted by atomic mass is 9.97. The van der Waals surface area contributed by atoms with Crippen molar-refractivity contribution in [2.45, 2.75) is 39.7 Å². The van der Waals surface area contributed by atoms with Gasteiger partial charge in [-0.2, -0.15) is 0 Å². The highest BCUT2D eigenvalue weighted by molar-refractivity contribution is 7.17. The molecular weight excluding hydrogens is 334 g/mol. The highest BCUT2D eigenvalue weighted by Gasteiger charge is 2.23. The third-order valence-electron chi connectivity index (χ3n) is 4.59. The van der Waals surface area contributed by atoms with Gasteiger partial charge < -0.3 is 10.2 Å². The second-order valence-corrected chi connectivity index (χ2v) is 7.81. The van der Waals surface area contributed by atoms with Gasteiger partial charge in [0.1, 0.15) is 4.88 Å². The van der Waals surface area contributed by atoms with Crippen LogP contribution in [0.4, 0.5) is 0 Å². The van der Waals surface area contributed by atoms with Crippen molar-refractivity contribution < 1.29 is 4.79 Å². The van der Waals surface area contributed by atoms with Crippen molar-refractivity contribution in [3.8, 4) is 10.8 Å². The Bertz CT molecular complexity index is 716. The average molecular weight is 359 g/mol. The van der Waals surface area contributed by atoms with Crippen molar-refractivity contribution in [2.75, 3.05) is 19.6 Å². The molecule has 0 bridgehead atoms. The molecule has 1 saturated heterocycles. The first-order valence-corrected chi connectivity index (χ1v) is 9.63. The van der Waals surface area contributed by atoms with Crippen molar-refractivity contribution in [3.05, 3.63) is 29.0 Å². The maximum Gasteiger partial charge on any atom is 0.263 e. The number of likely N-dealkylation sites (tertiary alicyclic amines) is 1. The number of rotatable bonds is 5. The molecular formula is C18H25N5OS. The second kappa shape index (κ2) is 8.01.